The zero-order valence-electron chi connectivity index (χ0n) is 8.36. The Labute approximate surface area is 87.7 Å². The molecule has 1 aromatic heterocycles. The summed E-state index contributed by atoms with van der Waals surface area (Å²) in [6.45, 7) is 0.955. The fourth-order valence-corrected chi connectivity index (χ4v) is 2.19. The van der Waals surface area contributed by atoms with Gasteiger partial charge in [-0.3, -0.25) is 0 Å². The lowest BCUT2D eigenvalue weighted by molar-refractivity contribution is -0.434. The Bertz CT molecular complexity index is 540. The topological polar surface area (TPSA) is 41.9 Å². The predicted molar refractivity (Wildman–Crippen MR) is 57.8 cm³/mol. The summed E-state index contributed by atoms with van der Waals surface area (Å²) in [6.07, 6.45) is 4.31. The van der Waals surface area contributed by atoms with Crippen LogP contribution in [0.4, 0.5) is 5.69 Å². The quantitative estimate of drug-likeness (QED) is 0.700. The Morgan fingerprint density at radius 2 is 2.13 bits per heavy atom. The highest BCUT2D eigenvalue weighted by molar-refractivity contribution is 5.92. The monoisotopic (exact) mass is 200 g/mol. The highest BCUT2D eigenvalue weighted by Crippen LogP contribution is 2.33. The Balaban J connectivity index is 2.28. The number of hydrogen-bond acceptors (Lipinski definition) is 1. The molecule has 0 amide bonds. The van der Waals surface area contributed by atoms with E-state index in [1.165, 1.54) is 0 Å². The van der Waals surface area contributed by atoms with Crippen molar-refractivity contribution < 1.29 is 9.68 Å². The van der Waals surface area contributed by atoms with E-state index in [9.17, 15) is 5.11 Å². The van der Waals surface area contributed by atoms with Gasteiger partial charge < -0.3 is 10.1 Å². The molecule has 2 aromatic rings. The summed E-state index contributed by atoms with van der Waals surface area (Å²) in [7, 11) is 0. The highest BCUT2D eigenvalue weighted by atomic mass is 16.3. The Morgan fingerprint density at radius 3 is 2.93 bits per heavy atom. The maximum absolute atomic E-state index is 11.8. The van der Waals surface area contributed by atoms with E-state index in [0.29, 0.717) is 0 Å². The van der Waals surface area contributed by atoms with Crippen LogP contribution >= 0.6 is 0 Å². The number of H-pyrrole nitrogens is 1. The second kappa shape index (κ2) is 3.12. The van der Waals surface area contributed by atoms with Crippen LogP contribution in [0.2, 0.25) is 0 Å². The number of fused-ring (bicyclic) bond motifs is 1. The second-order valence-corrected chi connectivity index (χ2v) is 3.87. The van der Waals surface area contributed by atoms with Gasteiger partial charge in [-0.15, -0.1) is 0 Å². The van der Waals surface area contributed by atoms with Gasteiger partial charge in [-0.1, -0.05) is 12.1 Å². The van der Waals surface area contributed by atoms with Crippen LogP contribution < -0.4 is 5.11 Å². The van der Waals surface area contributed by atoms with Crippen LogP contribution in [0.25, 0.3) is 10.9 Å². The number of nitrogens with one attached hydrogen (secondary N) is 1. The number of aromatic nitrogens is 1. The Hall–Kier alpha value is -1.77. The standard InChI is InChI=1S/C12H12N2O/c15-12-11(14-7-3-4-8-14)9-5-1-2-6-10(9)13-12/h1-2,5-7,13H,3-4,8H2. The molecule has 1 aromatic carbocycles. The van der Waals surface area contributed by atoms with Gasteiger partial charge in [-0.05, 0) is 12.1 Å². The average Bonchev–Trinajstić information content (AvgIpc) is 2.82. The molecule has 3 rings (SSSR count). The van der Waals surface area contributed by atoms with E-state index in [1.807, 2.05) is 24.3 Å². The number of benzene rings is 1. The van der Waals surface area contributed by atoms with Crippen molar-refractivity contribution in [1.29, 1.82) is 0 Å². The minimum Gasteiger partial charge on any atom is -0.856 e. The summed E-state index contributed by atoms with van der Waals surface area (Å²) in [6, 6.07) is 7.84. The average molecular weight is 200 g/mol. The summed E-state index contributed by atoms with van der Waals surface area (Å²) in [5, 5.41) is 12.8. The van der Waals surface area contributed by atoms with Gasteiger partial charge in [-0.25, -0.2) is 4.58 Å². The fourth-order valence-electron chi connectivity index (χ4n) is 2.19. The largest absolute Gasteiger partial charge is 0.856 e. The molecule has 3 nitrogen and oxygen atoms in total. The van der Waals surface area contributed by atoms with Crippen LogP contribution in [0.5, 0.6) is 5.88 Å². The van der Waals surface area contributed by atoms with Gasteiger partial charge in [0.15, 0.2) is 0 Å². The minimum absolute atomic E-state index is 0.0225. The van der Waals surface area contributed by atoms with Gasteiger partial charge >= 0.3 is 0 Å². The number of rotatable bonds is 1. The molecular weight excluding hydrogens is 188 g/mol. The van der Waals surface area contributed by atoms with Crippen LogP contribution in [-0.2, 0) is 0 Å². The third kappa shape index (κ3) is 1.23. The molecule has 0 spiro atoms. The lowest BCUT2D eigenvalue weighted by atomic mass is 10.2. The lowest BCUT2D eigenvalue weighted by Gasteiger charge is -2.02. The summed E-state index contributed by atoms with van der Waals surface area (Å²) in [5.74, 6) is 0.0225. The normalized spacial score (nSPS) is 15.9. The number of nitrogens with zero attached hydrogens (tertiary/aromatic N) is 1. The second-order valence-electron chi connectivity index (χ2n) is 3.87. The zero-order chi connectivity index (χ0) is 10.3. The Morgan fingerprint density at radius 1 is 1.27 bits per heavy atom. The van der Waals surface area contributed by atoms with Crippen molar-refractivity contribution in [2.24, 2.45) is 0 Å². The van der Waals surface area contributed by atoms with E-state index in [2.05, 4.69) is 15.8 Å². The fraction of sp³-hybridized carbons (Fsp3) is 0.250. The van der Waals surface area contributed by atoms with Crippen molar-refractivity contribution in [2.75, 3.05) is 6.54 Å². The van der Waals surface area contributed by atoms with Gasteiger partial charge in [0.1, 0.15) is 12.8 Å². The van der Waals surface area contributed by atoms with Crippen molar-refractivity contribution >= 4 is 22.8 Å². The molecule has 0 unspecified atom stereocenters. The zero-order valence-corrected chi connectivity index (χ0v) is 8.36. The van der Waals surface area contributed by atoms with Crippen LogP contribution in [0.15, 0.2) is 24.3 Å². The maximum Gasteiger partial charge on any atom is 0.222 e. The third-order valence-electron chi connectivity index (χ3n) is 2.89. The molecule has 0 saturated heterocycles. The first-order valence-electron chi connectivity index (χ1n) is 5.24. The molecule has 15 heavy (non-hydrogen) atoms. The van der Waals surface area contributed by atoms with E-state index in [-0.39, 0.29) is 5.88 Å². The number of hydrogen-bond donors (Lipinski definition) is 1. The molecule has 0 saturated carbocycles. The molecule has 76 valence electrons. The molecule has 0 radical (unpaired) electrons. The summed E-state index contributed by atoms with van der Waals surface area (Å²) in [5.41, 5.74) is 1.74. The third-order valence-corrected chi connectivity index (χ3v) is 2.89. The molecule has 0 fully saturated rings. The van der Waals surface area contributed by atoms with Crippen molar-refractivity contribution in [2.45, 2.75) is 12.8 Å². The van der Waals surface area contributed by atoms with Gasteiger partial charge in [0.2, 0.25) is 5.69 Å². The number of para-hydroxylation sites is 1. The van der Waals surface area contributed by atoms with Gasteiger partial charge in [0.05, 0.1) is 10.9 Å². The molecule has 2 heterocycles. The molecular formula is C12H12N2O. The van der Waals surface area contributed by atoms with E-state index >= 15 is 0 Å². The molecule has 0 bridgehead atoms. The maximum atomic E-state index is 11.8. The van der Waals surface area contributed by atoms with Crippen molar-refractivity contribution in [3.8, 4) is 5.88 Å². The first kappa shape index (κ1) is 8.53. The molecule has 1 N–H and O–H groups in total. The minimum atomic E-state index is 0.0225. The SMILES string of the molecule is [O-]c1[nH]c2ccccc2c1[N+]1=CCCC1. The van der Waals surface area contributed by atoms with Crippen molar-refractivity contribution in [3.05, 3.63) is 24.3 Å². The van der Waals surface area contributed by atoms with Crippen LogP contribution in [0.1, 0.15) is 12.8 Å². The van der Waals surface area contributed by atoms with Crippen molar-refractivity contribution in [1.82, 2.24) is 4.98 Å². The highest BCUT2D eigenvalue weighted by Gasteiger charge is 2.19. The smallest absolute Gasteiger partial charge is 0.222 e. The number of aromatic amines is 1. The van der Waals surface area contributed by atoms with E-state index in [4.69, 9.17) is 0 Å². The molecule has 1 aliphatic heterocycles. The van der Waals surface area contributed by atoms with E-state index in [1.54, 1.807) is 0 Å². The van der Waals surface area contributed by atoms with Gasteiger partial charge in [0, 0.05) is 18.7 Å². The summed E-state index contributed by atoms with van der Waals surface area (Å²) >= 11 is 0. The first-order valence-corrected chi connectivity index (χ1v) is 5.24. The molecule has 1 aliphatic rings. The van der Waals surface area contributed by atoms with Crippen LogP contribution in [-0.4, -0.2) is 22.3 Å². The van der Waals surface area contributed by atoms with Crippen molar-refractivity contribution in [3.63, 3.8) is 0 Å². The van der Waals surface area contributed by atoms with Crippen LogP contribution in [0.3, 0.4) is 0 Å². The van der Waals surface area contributed by atoms with Gasteiger partial charge in [0.25, 0.3) is 0 Å². The van der Waals surface area contributed by atoms with Crippen LogP contribution in [0, 0.1) is 0 Å². The predicted octanol–water partition coefficient (Wildman–Crippen LogP) is 1.75. The van der Waals surface area contributed by atoms with E-state index in [0.717, 1.165) is 36.0 Å². The van der Waals surface area contributed by atoms with E-state index < -0.39 is 0 Å². The Kier molecular flexibility index (Phi) is 1.78. The van der Waals surface area contributed by atoms with Gasteiger partial charge in [-0.2, -0.15) is 0 Å². The molecule has 0 aliphatic carbocycles. The molecule has 3 heteroatoms. The summed E-state index contributed by atoms with van der Waals surface area (Å²) in [4.78, 5) is 2.89. The first-order chi connectivity index (χ1) is 7.36. The lowest BCUT2D eigenvalue weighted by Crippen LogP contribution is -2.03. The summed E-state index contributed by atoms with van der Waals surface area (Å²) < 4.78 is 2.07. The molecule has 0 atom stereocenters.